The second-order valence-electron chi connectivity index (χ2n) is 3.63. The fourth-order valence-corrected chi connectivity index (χ4v) is 1.36. The average molecular weight is 272 g/mol. The highest BCUT2D eigenvalue weighted by atomic mass is 35.5. The molecule has 0 aromatic heterocycles. The van der Waals surface area contributed by atoms with Crippen LogP contribution in [0.5, 0.6) is 0 Å². The molecule has 0 spiro atoms. The standard InChI is InChI=1S/C12H14ClNO4/c1-8(11(15)16)9-2-4-10(5-3-9)14-12(17)18-7-6-13/h2-5,8H,6-7H2,1H3,(H,14,17)(H,15,16)/t8-/m0/s1. The van der Waals surface area contributed by atoms with Crippen molar-refractivity contribution in [3.63, 3.8) is 0 Å². The minimum absolute atomic E-state index is 0.140. The van der Waals surface area contributed by atoms with Crippen LogP contribution in [0, 0.1) is 0 Å². The van der Waals surface area contributed by atoms with Gasteiger partial charge in [0, 0.05) is 5.69 Å². The normalized spacial score (nSPS) is 11.7. The van der Waals surface area contributed by atoms with Crippen LogP contribution in [0.25, 0.3) is 0 Å². The lowest BCUT2D eigenvalue weighted by Crippen LogP contribution is -2.15. The van der Waals surface area contributed by atoms with Crippen molar-refractivity contribution in [3.8, 4) is 0 Å². The molecule has 98 valence electrons. The van der Waals surface area contributed by atoms with Gasteiger partial charge in [0.05, 0.1) is 11.8 Å². The molecule has 0 aliphatic carbocycles. The highest BCUT2D eigenvalue weighted by Crippen LogP contribution is 2.18. The topological polar surface area (TPSA) is 75.6 Å². The molecule has 0 fully saturated rings. The summed E-state index contributed by atoms with van der Waals surface area (Å²) in [4.78, 5) is 22.0. The van der Waals surface area contributed by atoms with Gasteiger partial charge in [0.2, 0.25) is 0 Å². The van der Waals surface area contributed by atoms with E-state index in [2.05, 4.69) is 5.32 Å². The van der Waals surface area contributed by atoms with Gasteiger partial charge in [-0.15, -0.1) is 11.6 Å². The third-order valence-corrected chi connectivity index (χ3v) is 2.49. The number of hydrogen-bond acceptors (Lipinski definition) is 3. The highest BCUT2D eigenvalue weighted by Gasteiger charge is 2.13. The van der Waals surface area contributed by atoms with Crippen LogP contribution in [-0.4, -0.2) is 29.7 Å². The summed E-state index contributed by atoms with van der Waals surface area (Å²) in [5.41, 5.74) is 1.21. The molecule has 0 radical (unpaired) electrons. The second kappa shape index (κ2) is 6.86. The van der Waals surface area contributed by atoms with Gasteiger partial charge >= 0.3 is 12.1 Å². The maximum atomic E-state index is 11.2. The number of halogens is 1. The van der Waals surface area contributed by atoms with Gasteiger partial charge in [0.25, 0.3) is 0 Å². The number of anilines is 1. The number of hydrogen-bond donors (Lipinski definition) is 2. The van der Waals surface area contributed by atoms with Crippen molar-refractivity contribution < 1.29 is 19.4 Å². The van der Waals surface area contributed by atoms with Gasteiger partial charge in [-0.2, -0.15) is 0 Å². The number of carboxylic acid groups (broad SMARTS) is 1. The van der Waals surface area contributed by atoms with Crippen LogP contribution in [-0.2, 0) is 9.53 Å². The van der Waals surface area contributed by atoms with E-state index in [0.29, 0.717) is 11.3 Å². The maximum absolute atomic E-state index is 11.2. The summed E-state index contributed by atoms with van der Waals surface area (Å²) >= 11 is 5.37. The van der Waals surface area contributed by atoms with Crippen LogP contribution in [0.1, 0.15) is 18.4 Å². The molecule has 0 unspecified atom stereocenters. The van der Waals surface area contributed by atoms with E-state index in [0.717, 1.165) is 0 Å². The van der Waals surface area contributed by atoms with E-state index in [-0.39, 0.29) is 12.5 Å². The molecule has 0 aliphatic rings. The van der Waals surface area contributed by atoms with E-state index >= 15 is 0 Å². The summed E-state index contributed by atoms with van der Waals surface area (Å²) in [5.74, 6) is -1.23. The number of carbonyl (C=O) groups is 2. The van der Waals surface area contributed by atoms with Gasteiger partial charge in [-0.3, -0.25) is 10.1 Å². The van der Waals surface area contributed by atoms with Crippen molar-refractivity contribution in [3.05, 3.63) is 29.8 Å². The zero-order valence-corrected chi connectivity index (χ0v) is 10.6. The second-order valence-corrected chi connectivity index (χ2v) is 4.01. The van der Waals surface area contributed by atoms with E-state index in [9.17, 15) is 9.59 Å². The molecule has 1 amide bonds. The third-order valence-electron chi connectivity index (χ3n) is 2.34. The Bertz CT molecular complexity index is 419. The first-order valence-corrected chi connectivity index (χ1v) is 5.90. The fourth-order valence-electron chi connectivity index (χ4n) is 1.28. The predicted molar refractivity (Wildman–Crippen MR) is 68.2 cm³/mol. The fraction of sp³-hybridized carbons (Fsp3) is 0.333. The van der Waals surface area contributed by atoms with Crippen LogP contribution in [0.15, 0.2) is 24.3 Å². The Hall–Kier alpha value is -1.75. The van der Waals surface area contributed by atoms with Gasteiger partial charge in [0.1, 0.15) is 6.61 Å². The summed E-state index contributed by atoms with van der Waals surface area (Å²) in [5, 5.41) is 11.3. The molecule has 0 heterocycles. The largest absolute Gasteiger partial charge is 0.481 e. The quantitative estimate of drug-likeness (QED) is 0.807. The molecule has 0 saturated carbocycles. The van der Waals surface area contributed by atoms with Gasteiger partial charge in [-0.05, 0) is 24.6 Å². The Morgan fingerprint density at radius 2 is 2.00 bits per heavy atom. The number of carboxylic acids is 1. The zero-order chi connectivity index (χ0) is 13.5. The average Bonchev–Trinajstić information content (AvgIpc) is 2.36. The number of carbonyl (C=O) groups excluding carboxylic acids is 1. The van der Waals surface area contributed by atoms with E-state index in [4.69, 9.17) is 21.4 Å². The lowest BCUT2D eigenvalue weighted by atomic mass is 10.0. The number of aliphatic carboxylic acids is 1. The SMILES string of the molecule is C[C@H](C(=O)O)c1ccc(NC(=O)OCCCl)cc1. The summed E-state index contributed by atoms with van der Waals surface area (Å²) < 4.78 is 4.73. The molecule has 1 rings (SSSR count). The molecule has 2 N–H and O–H groups in total. The third kappa shape index (κ3) is 4.25. The van der Waals surface area contributed by atoms with Crippen LogP contribution in [0.2, 0.25) is 0 Å². The highest BCUT2D eigenvalue weighted by molar-refractivity contribution is 6.18. The number of ether oxygens (including phenoxy) is 1. The van der Waals surface area contributed by atoms with Gasteiger partial charge in [-0.25, -0.2) is 4.79 Å². The lowest BCUT2D eigenvalue weighted by molar-refractivity contribution is -0.138. The molecule has 1 aromatic carbocycles. The van der Waals surface area contributed by atoms with Gasteiger partial charge < -0.3 is 9.84 Å². The molecule has 1 atom stereocenters. The maximum Gasteiger partial charge on any atom is 0.411 e. The molecule has 0 saturated heterocycles. The van der Waals surface area contributed by atoms with E-state index < -0.39 is 18.0 Å². The zero-order valence-electron chi connectivity index (χ0n) is 9.85. The number of nitrogens with one attached hydrogen (secondary N) is 1. The van der Waals surface area contributed by atoms with Crippen molar-refractivity contribution in [2.24, 2.45) is 0 Å². The molecule has 18 heavy (non-hydrogen) atoms. The van der Waals surface area contributed by atoms with Crippen molar-refractivity contribution in [1.82, 2.24) is 0 Å². The molecule has 0 bridgehead atoms. The monoisotopic (exact) mass is 271 g/mol. The number of benzene rings is 1. The molecule has 6 heteroatoms. The summed E-state index contributed by atoms with van der Waals surface area (Å²) in [6.07, 6.45) is -0.588. The Kier molecular flexibility index (Phi) is 5.45. The first-order chi connectivity index (χ1) is 8.54. The van der Waals surface area contributed by atoms with E-state index in [1.165, 1.54) is 0 Å². The number of alkyl halides is 1. The minimum Gasteiger partial charge on any atom is -0.481 e. The Balaban J connectivity index is 2.60. The first kappa shape index (κ1) is 14.3. The summed E-state index contributed by atoms with van der Waals surface area (Å²) in [7, 11) is 0. The number of amides is 1. The first-order valence-electron chi connectivity index (χ1n) is 5.37. The molecule has 5 nitrogen and oxygen atoms in total. The summed E-state index contributed by atoms with van der Waals surface area (Å²) in [6.45, 7) is 1.74. The molecular formula is C12H14ClNO4. The van der Waals surface area contributed by atoms with Crippen LogP contribution in [0.3, 0.4) is 0 Å². The van der Waals surface area contributed by atoms with E-state index in [1.54, 1.807) is 31.2 Å². The minimum atomic E-state index is -0.891. The number of rotatable bonds is 5. The van der Waals surface area contributed by atoms with E-state index in [1.807, 2.05) is 0 Å². The van der Waals surface area contributed by atoms with Crippen molar-refractivity contribution in [2.75, 3.05) is 17.8 Å². The van der Waals surface area contributed by atoms with Crippen LogP contribution >= 0.6 is 11.6 Å². The van der Waals surface area contributed by atoms with Crippen molar-refractivity contribution >= 4 is 29.4 Å². The lowest BCUT2D eigenvalue weighted by Gasteiger charge is -2.09. The summed E-state index contributed by atoms with van der Waals surface area (Å²) in [6, 6.07) is 6.54. The van der Waals surface area contributed by atoms with Crippen molar-refractivity contribution in [1.29, 1.82) is 0 Å². The van der Waals surface area contributed by atoms with Gasteiger partial charge in [-0.1, -0.05) is 12.1 Å². The smallest absolute Gasteiger partial charge is 0.411 e. The van der Waals surface area contributed by atoms with Crippen molar-refractivity contribution in [2.45, 2.75) is 12.8 Å². The Morgan fingerprint density at radius 1 is 1.39 bits per heavy atom. The van der Waals surface area contributed by atoms with Gasteiger partial charge in [0.15, 0.2) is 0 Å². The molecule has 1 aromatic rings. The Labute approximate surface area is 110 Å². The van der Waals surface area contributed by atoms with Crippen LogP contribution in [0.4, 0.5) is 10.5 Å². The molecule has 0 aliphatic heterocycles. The Morgan fingerprint density at radius 3 is 2.50 bits per heavy atom. The molecular weight excluding hydrogens is 258 g/mol. The predicted octanol–water partition coefficient (Wildman–Crippen LogP) is 2.66. The van der Waals surface area contributed by atoms with Crippen LogP contribution < -0.4 is 5.32 Å².